The lowest BCUT2D eigenvalue weighted by Crippen LogP contribution is -2.40. The number of hydrogen-bond donors (Lipinski definition) is 1. The van der Waals surface area contributed by atoms with Crippen LogP contribution in [0.4, 0.5) is 5.69 Å². The Bertz CT molecular complexity index is 1030. The van der Waals surface area contributed by atoms with Crippen LogP contribution in [0, 0.1) is 3.57 Å². The van der Waals surface area contributed by atoms with Crippen molar-refractivity contribution in [3.05, 3.63) is 88.3 Å². The molecule has 1 N–H and O–H groups in total. The molecule has 1 aromatic heterocycles. The lowest BCUT2D eigenvalue weighted by molar-refractivity contribution is -0.119. The summed E-state index contributed by atoms with van der Waals surface area (Å²) in [4.78, 5) is 16.8. The monoisotopic (exact) mass is 507 g/mol. The van der Waals surface area contributed by atoms with E-state index in [0.29, 0.717) is 11.4 Å². The van der Waals surface area contributed by atoms with E-state index in [1.54, 1.807) is 60.8 Å². The van der Waals surface area contributed by atoms with Gasteiger partial charge in [-0.3, -0.25) is 14.1 Å². The number of aromatic nitrogens is 1. The van der Waals surface area contributed by atoms with Crippen LogP contribution in [0.15, 0.2) is 83.9 Å². The molecule has 0 atom stereocenters. The topological polar surface area (TPSA) is 79.4 Å². The van der Waals surface area contributed by atoms with E-state index in [1.807, 2.05) is 6.07 Å². The normalized spacial score (nSPS) is 11.0. The number of halogens is 1. The maximum Gasteiger partial charge on any atom is 0.264 e. The Labute approximate surface area is 177 Å². The number of carbonyl (C=O) groups excluding carboxylic acids is 1. The lowest BCUT2D eigenvalue weighted by Gasteiger charge is -2.24. The van der Waals surface area contributed by atoms with Crippen molar-refractivity contribution in [3.8, 4) is 0 Å². The second kappa shape index (κ2) is 9.16. The van der Waals surface area contributed by atoms with Crippen molar-refractivity contribution in [2.45, 2.75) is 11.4 Å². The number of amides is 1. The van der Waals surface area contributed by atoms with E-state index in [4.69, 9.17) is 0 Å². The number of sulfonamides is 1. The van der Waals surface area contributed by atoms with Crippen molar-refractivity contribution >= 4 is 44.2 Å². The van der Waals surface area contributed by atoms with Crippen LogP contribution in [0.2, 0.25) is 0 Å². The molecule has 28 heavy (non-hydrogen) atoms. The molecule has 2 aromatic carbocycles. The zero-order chi connectivity index (χ0) is 20.0. The Hall–Kier alpha value is -2.46. The summed E-state index contributed by atoms with van der Waals surface area (Å²) in [5, 5.41) is 2.73. The highest BCUT2D eigenvalue weighted by Gasteiger charge is 2.27. The molecule has 3 rings (SSSR count). The number of benzene rings is 2. The fourth-order valence-electron chi connectivity index (χ4n) is 2.52. The second-order valence-electron chi connectivity index (χ2n) is 5.90. The van der Waals surface area contributed by atoms with Gasteiger partial charge in [-0.2, -0.15) is 0 Å². The molecule has 0 aliphatic rings. The van der Waals surface area contributed by atoms with Gasteiger partial charge >= 0.3 is 0 Å². The first-order chi connectivity index (χ1) is 13.5. The molecule has 0 bridgehead atoms. The largest absolute Gasteiger partial charge is 0.349 e. The van der Waals surface area contributed by atoms with Gasteiger partial charge in [-0.1, -0.05) is 24.3 Å². The summed E-state index contributed by atoms with van der Waals surface area (Å²) in [5.41, 5.74) is 1.12. The predicted molar refractivity (Wildman–Crippen MR) is 116 cm³/mol. The highest BCUT2D eigenvalue weighted by molar-refractivity contribution is 14.1. The van der Waals surface area contributed by atoms with Gasteiger partial charge in [0.15, 0.2) is 0 Å². The van der Waals surface area contributed by atoms with Gasteiger partial charge in [0.25, 0.3) is 10.0 Å². The minimum Gasteiger partial charge on any atom is -0.349 e. The summed E-state index contributed by atoms with van der Waals surface area (Å²) in [5.74, 6) is -0.413. The van der Waals surface area contributed by atoms with Crippen LogP contribution in [0.25, 0.3) is 0 Å². The Kier molecular flexibility index (Phi) is 6.63. The SMILES string of the molecule is O=C(CN(c1ccc(I)cc1)S(=O)(=O)c1ccccc1)NCc1ccccn1. The van der Waals surface area contributed by atoms with Gasteiger partial charge in [-0.25, -0.2) is 8.42 Å². The zero-order valence-electron chi connectivity index (χ0n) is 14.8. The van der Waals surface area contributed by atoms with Gasteiger partial charge in [0.2, 0.25) is 5.91 Å². The van der Waals surface area contributed by atoms with E-state index in [1.165, 1.54) is 12.1 Å². The van der Waals surface area contributed by atoms with Crippen LogP contribution >= 0.6 is 22.6 Å². The smallest absolute Gasteiger partial charge is 0.264 e. The molecule has 0 aliphatic heterocycles. The average Bonchev–Trinajstić information content (AvgIpc) is 2.72. The molecule has 0 radical (unpaired) electrons. The molecule has 1 heterocycles. The minimum absolute atomic E-state index is 0.131. The van der Waals surface area contributed by atoms with Crippen LogP contribution in [-0.2, 0) is 21.4 Å². The van der Waals surface area contributed by atoms with Gasteiger partial charge < -0.3 is 5.32 Å². The fraction of sp³-hybridized carbons (Fsp3) is 0.100. The van der Waals surface area contributed by atoms with Crippen LogP contribution in [0.5, 0.6) is 0 Å². The van der Waals surface area contributed by atoms with Crippen molar-refractivity contribution in [3.63, 3.8) is 0 Å². The fourth-order valence-corrected chi connectivity index (χ4v) is 4.32. The molecule has 0 spiro atoms. The molecule has 0 saturated heterocycles. The van der Waals surface area contributed by atoms with Crippen LogP contribution in [0.1, 0.15) is 5.69 Å². The number of anilines is 1. The molecular formula is C20H18IN3O3S. The van der Waals surface area contributed by atoms with E-state index in [0.717, 1.165) is 7.88 Å². The quantitative estimate of drug-likeness (QED) is 0.499. The number of nitrogens with one attached hydrogen (secondary N) is 1. The molecule has 3 aromatic rings. The second-order valence-corrected chi connectivity index (χ2v) is 9.01. The Morgan fingerprint density at radius 2 is 1.64 bits per heavy atom. The number of carbonyl (C=O) groups is 1. The standard InChI is InChI=1S/C20H18IN3O3S/c21-16-9-11-18(12-10-16)24(28(26,27)19-7-2-1-3-8-19)15-20(25)23-14-17-6-4-5-13-22-17/h1-13H,14-15H2,(H,23,25). The number of pyridine rings is 1. The first kappa shape index (κ1) is 20.3. The van der Waals surface area contributed by atoms with E-state index < -0.39 is 15.9 Å². The molecule has 8 heteroatoms. The van der Waals surface area contributed by atoms with Gasteiger partial charge in [-0.05, 0) is 71.1 Å². The first-order valence-corrected chi connectivity index (χ1v) is 11.0. The summed E-state index contributed by atoms with van der Waals surface area (Å²) in [6.07, 6.45) is 1.64. The highest BCUT2D eigenvalue weighted by atomic mass is 127. The van der Waals surface area contributed by atoms with Gasteiger partial charge in [0, 0.05) is 9.77 Å². The summed E-state index contributed by atoms with van der Waals surface area (Å²) in [7, 11) is -3.89. The van der Waals surface area contributed by atoms with Crippen molar-refractivity contribution < 1.29 is 13.2 Å². The minimum atomic E-state index is -3.89. The molecule has 6 nitrogen and oxygen atoms in total. The van der Waals surface area contributed by atoms with Crippen molar-refractivity contribution in [1.29, 1.82) is 0 Å². The molecule has 0 unspecified atom stereocenters. The van der Waals surface area contributed by atoms with E-state index in [2.05, 4.69) is 32.9 Å². The summed E-state index contributed by atoms with van der Waals surface area (Å²) >= 11 is 2.14. The van der Waals surface area contributed by atoms with Gasteiger partial charge in [-0.15, -0.1) is 0 Å². The van der Waals surface area contributed by atoms with Crippen LogP contribution < -0.4 is 9.62 Å². The summed E-state index contributed by atoms with van der Waals surface area (Å²) in [6.45, 7) is -0.101. The molecular weight excluding hydrogens is 489 g/mol. The highest BCUT2D eigenvalue weighted by Crippen LogP contribution is 2.24. The number of nitrogens with zero attached hydrogens (tertiary/aromatic N) is 2. The van der Waals surface area contributed by atoms with Crippen LogP contribution in [0.3, 0.4) is 0 Å². The van der Waals surface area contributed by atoms with Gasteiger partial charge in [0.1, 0.15) is 6.54 Å². The average molecular weight is 507 g/mol. The maximum absolute atomic E-state index is 13.2. The Balaban J connectivity index is 1.84. The Morgan fingerprint density at radius 3 is 2.29 bits per heavy atom. The molecule has 1 amide bonds. The van der Waals surface area contributed by atoms with Crippen molar-refractivity contribution in [2.24, 2.45) is 0 Å². The van der Waals surface area contributed by atoms with E-state index in [-0.39, 0.29) is 18.0 Å². The van der Waals surface area contributed by atoms with E-state index >= 15 is 0 Å². The number of hydrogen-bond acceptors (Lipinski definition) is 4. The third-order valence-electron chi connectivity index (χ3n) is 3.93. The summed E-state index contributed by atoms with van der Waals surface area (Å²) < 4.78 is 28.4. The van der Waals surface area contributed by atoms with E-state index in [9.17, 15) is 13.2 Å². The predicted octanol–water partition coefficient (Wildman–Crippen LogP) is 3.20. The maximum atomic E-state index is 13.2. The molecule has 0 aliphatic carbocycles. The Morgan fingerprint density at radius 1 is 0.964 bits per heavy atom. The first-order valence-electron chi connectivity index (χ1n) is 8.47. The van der Waals surface area contributed by atoms with Crippen molar-refractivity contribution in [2.75, 3.05) is 10.8 Å². The third kappa shape index (κ3) is 5.08. The molecule has 0 saturated carbocycles. The summed E-state index contributed by atoms with van der Waals surface area (Å²) in [6, 6.07) is 20.5. The third-order valence-corrected chi connectivity index (χ3v) is 6.43. The molecule has 144 valence electrons. The number of rotatable bonds is 7. The zero-order valence-corrected chi connectivity index (χ0v) is 17.8. The lowest BCUT2D eigenvalue weighted by atomic mass is 10.3. The molecule has 0 fully saturated rings. The van der Waals surface area contributed by atoms with Crippen molar-refractivity contribution in [1.82, 2.24) is 10.3 Å². The van der Waals surface area contributed by atoms with Gasteiger partial charge in [0.05, 0.1) is 22.8 Å². The van der Waals surface area contributed by atoms with Crippen LogP contribution in [-0.4, -0.2) is 25.9 Å².